The number of hydrogen-bond acceptors (Lipinski definition) is 5. The lowest BCUT2D eigenvalue weighted by molar-refractivity contribution is 0.174. The van der Waals surface area contributed by atoms with Crippen molar-refractivity contribution < 1.29 is 9.84 Å². The standard InChI is InChI=1S/C14H20N4O2/c1-10-12(14(20-3)18(2)17-10)8-16-9-13(19)11-4-6-15-7-5-11/h4-7,13,16,19H,8-9H2,1-3H3. The van der Waals surface area contributed by atoms with Crippen LogP contribution < -0.4 is 10.1 Å². The highest BCUT2D eigenvalue weighted by molar-refractivity contribution is 5.30. The van der Waals surface area contributed by atoms with Gasteiger partial charge in [-0.25, -0.2) is 4.68 Å². The number of aryl methyl sites for hydroxylation is 2. The predicted molar refractivity (Wildman–Crippen MR) is 75.4 cm³/mol. The van der Waals surface area contributed by atoms with Crippen molar-refractivity contribution in [2.75, 3.05) is 13.7 Å². The van der Waals surface area contributed by atoms with Gasteiger partial charge >= 0.3 is 0 Å². The smallest absolute Gasteiger partial charge is 0.216 e. The van der Waals surface area contributed by atoms with Crippen LogP contribution in [0, 0.1) is 6.92 Å². The van der Waals surface area contributed by atoms with Gasteiger partial charge in [-0.15, -0.1) is 0 Å². The number of hydrogen-bond donors (Lipinski definition) is 2. The Labute approximate surface area is 118 Å². The molecule has 6 heteroatoms. The quantitative estimate of drug-likeness (QED) is 0.822. The first-order valence-corrected chi connectivity index (χ1v) is 6.48. The zero-order chi connectivity index (χ0) is 14.5. The minimum Gasteiger partial charge on any atom is -0.481 e. The Balaban J connectivity index is 1.93. The van der Waals surface area contributed by atoms with E-state index in [-0.39, 0.29) is 0 Å². The van der Waals surface area contributed by atoms with Crippen LogP contribution in [0.25, 0.3) is 0 Å². The van der Waals surface area contributed by atoms with Crippen LogP contribution in [0.1, 0.15) is 22.9 Å². The number of nitrogens with one attached hydrogen (secondary N) is 1. The molecule has 1 unspecified atom stereocenters. The maximum atomic E-state index is 10.1. The second kappa shape index (κ2) is 6.49. The van der Waals surface area contributed by atoms with Gasteiger partial charge in [-0.2, -0.15) is 5.10 Å². The molecule has 0 aliphatic carbocycles. The molecule has 108 valence electrons. The normalized spacial score (nSPS) is 12.4. The molecule has 20 heavy (non-hydrogen) atoms. The highest BCUT2D eigenvalue weighted by Crippen LogP contribution is 2.20. The van der Waals surface area contributed by atoms with Crippen LogP contribution in [0.2, 0.25) is 0 Å². The van der Waals surface area contributed by atoms with Crippen LogP contribution in [-0.2, 0) is 13.6 Å². The van der Waals surface area contributed by atoms with Crippen LogP contribution in [0.4, 0.5) is 0 Å². The van der Waals surface area contributed by atoms with Crippen molar-refractivity contribution in [3.63, 3.8) is 0 Å². The molecular formula is C14H20N4O2. The summed E-state index contributed by atoms with van der Waals surface area (Å²) in [6.07, 6.45) is 2.79. The lowest BCUT2D eigenvalue weighted by Crippen LogP contribution is -2.21. The highest BCUT2D eigenvalue weighted by Gasteiger charge is 2.14. The molecule has 0 bridgehead atoms. The van der Waals surface area contributed by atoms with Crippen LogP contribution in [0.15, 0.2) is 24.5 Å². The molecule has 0 aliphatic heterocycles. The molecule has 0 fully saturated rings. The van der Waals surface area contributed by atoms with E-state index in [1.165, 1.54) is 0 Å². The van der Waals surface area contributed by atoms with Crippen molar-refractivity contribution in [3.05, 3.63) is 41.3 Å². The minimum absolute atomic E-state index is 0.460. The summed E-state index contributed by atoms with van der Waals surface area (Å²) in [6, 6.07) is 3.62. The third-order valence-electron chi connectivity index (χ3n) is 3.21. The molecule has 0 saturated heterocycles. The fourth-order valence-electron chi connectivity index (χ4n) is 2.18. The first-order chi connectivity index (χ1) is 9.63. The third kappa shape index (κ3) is 3.15. The molecule has 1 atom stereocenters. The van der Waals surface area contributed by atoms with Crippen molar-refractivity contribution in [1.82, 2.24) is 20.1 Å². The summed E-state index contributed by atoms with van der Waals surface area (Å²) in [7, 11) is 3.48. The van der Waals surface area contributed by atoms with E-state index in [1.54, 1.807) is 24.2 Å². The molecule has 2 N–H and O–H groups in total. The van der Waals surface area contributed by atoms with Crippen LogP contribution >= 0.6 is 0 Å². The molecule has 0 aliphatic rings. The lowest BCUT2D eigenvalue weighted by Gasteiger charge is -2.12. The van der Waals surface area contributed by atoms with Crippen molar-refractivity contribution in [3.8, 4) is 5.88 Å². The number of aliphatic hydroxyl groups excluding tert-OH is 1. The topological polar surface area (TPSA) is 72.2 Å². The number of aliphatic hydroxyl groups is 1. The summed E-state index contributed by atoms with van der Waals surface area (Å²) in [5, 5.41) is 17.6. The van der Waals surface area contributed by atoms with E-state index >= 15 is 0 Å². The fraction of sp³-hybridized carbons (Fsp3) is 0.429. The van der Waals surface area contributed by atoms with Crippen LogP contribution in [0.3, 0.4) is 0 Å². The number of methoxy groups -OCH3 is 1. The molecule has 0 amide bonds. The summed E-state index contributed by atoms with van der Waals surface area (Å²) < 4.78 is 7.04. The summed E-state index contributed by atoms with van der Waals surface area (Å²) >= 11 is 0. The molecule has 0 aromatic carbocycles. The van der Waals surface area contributed by atoms with Gasteiger partial charge in [0, 0.05) is 32.5 Å². The second-order valence-corrected chi connectivity index (χ2v) is 4.62. The molecule has 2 heterocycles. The zero-order valence-corrected chi connectivity index (χ0v) is 12.0. The van der Waals surface area contributed by atoms with E-state index in [0.717, 1.165) is 22.7 Å². The SMILES string of the molecule is COc1c(CNCC(O)c2ccncc2)c(C)nn1C. The van der Waals surface area contributed by atoms with Gasteiger partial charge in [0.25, 0.3) is 0 Å². The third-order valence-corrected chi connectivity index (χ3v) is 3.21. The van der Waals surface area contributed by atoms with E-state index in [2.05, 4.69) is 15.4 Å². The summed E-state index contributed by atoms with van der Waals surface area (Å²) in [6.45, 7) is 3.01. The van der Waals surface area contributed by atoms with Gasteiger partial charge < -0.3 is 15.2 Å². The molecule has 2 aromatic rings. The highest BCUT2D eigenvalue weighted by atomic mass is 16.5. The molecular weight excluding hydrogens is 256 g/mol. The molecule has 6 nitrogen and oxygen atoms in total. The molecule has 2 rings (SSSR count). The van der Waals surface area contributed by atoms with Crippen molar-refractivity contribution in [2.45, 2.75) is 19.6 Å². The van der Waals surface area contributed by atoms with Crippen molar-refractivity contribution in [2.24, 2.45) is 7.05 Å². The summed E-state index contributed by atoms with van der Waals surface area (Å²) in [5.74, 6) is 0.744. The first kappa shape index (κ1) is 14.5. The number of rotatable bonds is 6. The Morgan fingerprint density at radius 3 is 2.75 bits per heavy atom. The Morgan fingerprint density at radius 2 is 2.10 bits per heavy atom. The van der Waals surface area contributed by atoms with E-state index in [4.69, 9.17) is 4.74 Å². The van der Waals surface area contributed by atoms with Gasteiger partial charge in [-0.05, 0) is 24.6 Å². The van der Waals surface area contributed by atoms with Crippen molar-refractivity contribution in [1.29, 1.82) is 0 Å². The molecule has 0 radical (unpaired) electrons. The largest absolute Gasteiger partial charge is 0.481 e. The van der Waals surface area contributed by atoms with Gasteiger partial charge in [-0.1, -0.05) is 0 Å². The number of nitrogens with zero attached hydrogens (tertiary/aromatic N) is 3. The number of aromatic nitrogens is 3. The monoisotopic (exact) mass is 276 g/mol. The summed E-state index contributed by atoms with van der Waals surface area (Å²) in [4.78, 5) is 3.93. The number of pyridine rings is 1. The molecule has 0 saturated carbocycles. The Kier molecular flexibility index (Phi) is 4.70. The Hall–Kier alpha value is -1.92. The molecule has 0 spiro atoms. The van der Waals surface area contributed by atoms with Gasteiger partial charge in [0.05, 0.1) is 24.5 Å². The first-order valence-electron chi connectivity index (χ1n) is 6.48. The Morgan fingerprint density at radius 1 is 1.40 bits per heavy atom. The zero-order valence-electron chi connectivity index (χ0n) is 12.0. The lowest BCUT2D eigenvalue weighted by atomic mass is 10.1. The van der Waals surface area contributed by atoms with Gasteiger partial charge in [0.15, 0.2) is 0 Å². The van der Waals surface area contributed by atoms with Gasteiger partial charge in [-0.3, -0.25) is 4.98 Å². The van der Waals surface area contributed by atoms with E-state index in [1.807, 2.05) is 26.1 Å². The predicted octanol–water partition coefficient (Wildman–Crippen LogP) is 0.955. The number of ether oxygens (including phenoxy) is 1. The Bertz CT molecular complexity index is 554. The average Bonchev–Trinajstić information content (AvgIpc) is 2.73. The van der Waals surface area contributed by atoms with Crippen LogP contribution in [0.5, 0.6) is 5.88 Å². The van der Waals surface area contributed by atoms with E-state index < -0.39 is 6.10 Å². The van der Waals surface area contributed by atoms with Crippen molar-refractivity contribution >= 4 is 0 Å². The van der Waals surface area contributed by atoms with Gasteiger partial charge in [0.2, 0.25) is 5.88 Å². The average molecular weight is 276 g/mol. The van der Waals surface area contributed by atoms with Gasteiger partial charge in [0.1, 0.15) is 0 Å². The minimum atomic E-state index is -0.555. The summed E-state index contributed by atoms with van der Waals surface area (Å²) in [5.41, 5.74) is 2.79. The van der Waals surface area contributed by atoms with E-state index in [0.29, 0.717) is 13.1 Å². The maximum Gasteiger partial charge on any atom is 0.216 e. The second-order valence-electron chi connectivity index (χ2n) is 4.62. The maximum absolute atomic E-state index is 10.1. The van der Waals surface area contributed by atoms with E-state index in [9.17, 15) is 5.11 Å². The fourth-order valence-corrected chi connectivity index (χ4v) is 2.18. The van der Waals surface area contributed by atoms with Crippen LogP contribution in [-0.4, -0.2) is 33.5 Å². The molecule has 2 aromatic heterocycles.